The van der Waals surface area contributed by atoms with Crippen LogP contribution in [0.5, 0.6) is 0 Å². The van der Waals surface area contributed by atoms with Crippen LogP contribution in [0.2, 0.25) is 0 Å². The van der Waals surface area contributed by atoms with E-state index in [9.17, 15) is 4.39 Å². The molecular formula is C20H25ClFN7. The number of alkyl halides is 1. The van der Waals surface area contributed by atoms with E-state index >= 15 is 0 Å². The molecule has 4 rings (SSSR count). The van der Waals surface area contributed by atoms with Gasteiger partial charge in [0.2, 0.25) is 0 Å². The first-order chi connectivity index (χ1) is 13.5. The molecular weight excluding hydrogens is 393 g/mol. The van der Waals surface area contributed by atoms with Crippen LogP contribution in [-0.2, 0) is 0 Å². The number of nitrogens with zero attached hydrogens (tertiary/aromatic N) is 5. The SMILES string of the molecule is CN(C)c1ccc(-c2cc3nccnc3c(NC[C@@]3(F)CCCNC3)n2)cn1.Cl. The zero-order valence-corrected chi connectivity index (χ0v) is 17.3. The minimum Gasteiger partial charge on any atom is -0.365 e. The summed E-state index contributed by atoms with van der Waals surface area (Å²) in [5, 5.41) is 6.31. The molecule has 7 nitrogen and oxygen atoms in total. The molecule has 0 unspecified atom stereocenters. The Morgan fingerprint density at radius 3 is 2.72 bits per heavy atom. The van der Waals surface area contributed by atoms with Crippen molar-refractivity contribution in [3.8, 4) is 11.3 Å². The Morgan fingerprint density at radius 1 is 1.21 bits per heavy atom. The summed E-state index contributed by atoms with van der Waals surface area (Å²) in [6.07, 6.45) is 6.41. The fourth-order valence-electron chi connectivity index (χ4n) is 3.37. The number of hydrogen-bond acceptors (Lipinski definition) is 7. The molecule has 1 fully saturated rings. The van der Waals surface area contributed by atoms with Crippen LogP contribution in [0.25, 0.3) is 22.3 Å². The molecule has 0 bridgehead atoms. The lowest BCUT2D eigenvalue weighted by Gasteiger charge is -2.30. The Kier molecular flexibility index (Phi) is 6.44. The van der Waals surface area contributed by atoms with Crippen LogP contribution in [0, 0.1) is 0 Å². The summed E-state index contributed by atoms with van der Waals surface area (Å²) in [5.41, 5.74) is 1.65. The van der Waals surface area contributed by atoms with E-state index in [4.69, 9.17) is 4.98 Å². The van der Waals surface area contributed by atoms with E-state index in [1.807, 2.05) is 37.2 Å². The predicted octanol–water partition coefficient (Wildman–Crippen LogP) is 3.08. The number of rotatable bonds is 5. The highest BCUT2D eigenvalue weighted by molar-refractivity contribution is 5.88. The van der Waals surface area contributed by atoms with Gasteiger partial charge in [-0.1, -0.05) is 0 Å². The van der Waals surface area contributed by atoms with Gasteiger partial charge in [0.1, 0.15) is 17.0 Å². The third-order valence-electron chi connectivity index (χ3n) is 4.95. The van der Waals surface area contributed by atoms with Gasteiger partial charge in [0, 0.05) is 44.8 Å². The molecule has 1 atom stereocenters. The third-order valence-corrected chi connectivity index (χ3v) is 4.95. The summed E-state index contributed by atoms with van der Waals surface area (Å²) < 4.78 is 15.0. The van der Waals surface area contributed by atoms with E-state index in [2.05, 4.69) is 25.6 Å². The first-order valence-corrected chi connectivity index (χ1v) is 9.43. The summed E-state index contributed by atoms with van der Waals surface area (Å²) in [4.78, 5) is 19.9. The monoisotopic (exact) mass is 417 g/mol. The largest absolute Gasteiger partial charge is 0.365 e. The highest BCUT2D eigenvalue weighted by Gasteiger charge is 2.31. The van der Waals surface area contributed by atoms with Gasteiger partial charge in [-0.25, -0.2) is 19.3 Å². The van der Waals surface area contributed by atoms with E-state index in [0.717, 1.165) is 30.0 Å². The Balaban J connectivity index is 0.00000240. The molecule has 0 saturated carbocycles. The topological polar surface area (TPSA) is 78.9 Å². The minimum atomic E-state index is -1.29. The summed E-state index contributed by atoms with van der Waals surface area (Å²) in [7, 11) is 3.89. The molecule has 4 heterocycles. The summed E-state index contributed by atoms with van der Waals surface area (Å²) >= 11 is 0. The Bertz CT molecular complexity index is 959. The lowest BCUT2D eigenvalue weighted by molar-refractivity contribution is 0.137. The van der Waals surface area contributed by atoms with Crippen LogP contribution < -0.4 is 15.5 Å². The standard InChI is InChI=1S/C20H24FN7.ClH/c1-28(2)17-5-4-14(11-25-17)15-10-16-18(24-9-8-23-16)19(27-15)26-13-20(21)6-3-7-22-12-20;/h4-5,8-11,22H,3,6-7,12-13H2,1-2H3,(H,26,27);1H/t20-;/m1./s1. The Morgan fingerprint density at radius 2 is 2.03 bits per heavy atom. The highest BCUT2D eigenvalue weighted by Crippen LogP contribution is 2.27. The third kappa shape index (κ3) is 4.71. The molecule has 0 aromatic carbocycles. The fraction of sp³-hybridized carbons (Fsp3) is 0.400. The van der Waals surface area contributed by atoms with E-state index in [1.54, 1.807) is 18.6 Å². The smallest absolute Gasteiger partial charge is 0.155 e. The van der Waals surface area contributed by atoms with Crippen molar-refractivity contribution < 1.29 is 4.39 Å². The molecule has 0 amide bonds. The Labute approximate surface area is 175 Å². The van der Waals surface area contributed by atoms with Crippen molar-refractivity contribution in [2.75, 3.05) is 43.9 Å². The average Bonchev–Trinajstić information content (AvgIpc) is 2.72. The molecule has 29 heavy (non-hydrogen) atoms. The normalized spacial score (nSPS) is 18.9. The lowest BCUT2D eigenvalue weighted by Crippen LogP contribution is -2.46. The molecule has 1 saturated heterocycles. The fourth-order valence-corrected chi connectivity index (χ4v) is 3.37. The molecule has 2 N–H and O–H groups in total. The zero-order valence-electron chi connectivity index (χ0n) is 16.5. The summed E-state index contributed by atoms with van der Waals surface area (Å²) in [6, 6.07) is 5.79. The summed E-state index contributed by atoms with van der Waals surface area (Å²) in [6.45, 7) is 1.39. The maximum absolute atomic E-state index is 15.0. The van der Waals surface area contributed by atoms with E-state index in [-0.39, 0.29) is 19.0 Å². The lowest BCUT2D eigenvalue weighted by atomic mass is 9.96. The van der Waals surface area contributed by atoms with Gasteiger partial charge in [-0.2, -0.15) is 0 Å². The van der Waals surface area contributed by atoms with E-state index in [0.29, 0.717) is 29.8 Å². The second-order valence-electron chi connectivity index (χ2n) is 7.36. The number of halogens is 2. The van der Waals surface area contributed by atoms with Crippen LogP contribution in [0.4, 0.5) is 16.0 Å². The second kappa shape index (κ2) is 8.84. The zero-order chi connectivity index (χ0) is 19.6. The van der Waals surface area contributed by atoms with Crippen LogP contribution in [0.1, 0.15) is 12.8 Å². The molecule has 0 spiro atoms. The van der Waals surface area contributed by atoms with Gasteiger partial charge in [-0.3, -0.25) is 4.98 Å². The van der Waals surface area contributed by atoms with Crippen molar-refractivity contribution in [3.05, 3.63) is 36.8 Å². The van der Waals surface area contributed by atoms with Crippen molar-refractivity contribution >= 4 is 35.1 Å². The van der Waals surface area contributed by atoms with Gasteiger partial charge in [0.05, 0.1) is 17.8 Å². The quantitative estimate of drug-likeness (QED) is 0.660. The minimum absolute atomic E-state index is 0. The van der Waals surface area contributed by atoms with Gasteiger partial charge in [-0.05, 0) is 37.6 Å². The van der Waals surface area contributed by atoms with Crippen molar-refractivity contribution in [1.29, 1.82) is 0 Å². The van der Waals surface area contributed by atoms with Gasteiger partial charge >= 0.3 is 0 Å². The van der Waals surface area contributed by atoms with E-state index < -0.39 is 5.67 Å². The van der Waals surface area contributed by atoms with Gasteiger partial charge in [-0.15, -0.1) is 12.4 Å². The van der Waals surface area contributed by atoms with Gasteiger partial charge < -0.3 is 15.5 Å². The molecule has 0 aliphatic carbocycles. The predicted molar refractivity (Wildman–Crippen MR) is 117 cm³/mol. The van der Waals surface area contributed by atoms with Crippen LogP contribution in [0.15, 0.2) is 36.8 Å². The molecule has 0 radical (unpaired) electrons. The molecule has 3 aromatic heterocycles. The first kappa shape index (κ1) is 21.1. The van der Waals surface area contributed by atoms with Crippen molar-refractivity contribution in [3.63, 3.8) is 0 Å². The molecule has 154 valence electrons. The number of hydrogen-bond donors (Lipinski definition) is 2. The van der Waals surface area contributed by atoms with Crippen molar-refractivity contribution in [2.24, 2.45) is 0 Å². The molecule has 1 aliphatic heterocycles. The number of aromatic nitrogens is 4. The highest BCUT2D eigenvalue weighted by atomic mass is 35.5. The molecule has 3 aromatic rings. The number of pyridine rings is 2. The Hall–Kier alpha value is -2.58. The summed E-state index contributed by atoms with van der Waals surface area (Å²) in [5.74, 6) is 1.41. The van der Waals surface area contributed by atoms with Gasteiger partial charge in [0.25, 0.3) is 0 Å². The van der Waals surface area contributed by atoms with Crippen LogP contribution >= 0.6 is 12.4 Å². The maximum atomic E-state index is 15.0. The second-order valence-corrected chi connectivity index (χ2v) is 7.36. The number of anilines is 2. The average molecular weight is 418 g/mol. The van der Waals surface area contributed by atoms with Crippen molar-refractivity contribution in [1.82, 2.24) is 25.3 Å². The van der Waals surface area contributed by atoms with E-state index in [1.165, 1.54) is 0 Å². The molecule has 9 heteroatoms. The molecule has 1 aliphatic rings. The number of nitrogens with one attached hydrogen (secondary N) is 2. The number of fused-ring (bicyclic) bond motifs is 1. The van der Waals surface area contributed by atoms with Crippen molar-refractivity contribution in [2.45, 2.75) is 18.5 Å². The number of piperidine rings is 1. The first-order valence-electron chi connectivity index (χ1n) is 9.43. The van der Waals surface area contributed by atoms with Gasteiger partial charge in [0.15, 0.2) is 5.82 Å². The maximum Gasteiger partial charge on any atom is 0.155 e. The van der Waals surface area contributed by atoms with Crippen LogP contribution in [0.3, 0.4) is 0 Å². The van der Waals surface area contributed by atoms with Crippen LogP contribution in [-0.4, -0.2) is 59.3 Å².